The molecule has 4 atom stereocenters. The van der Waals surface area contributed by atoms with Crippen LogP contribution >= 0.6 is 0 Å². The Bertz CT molecular complexity index is 212. The van der Waals surface area contributed by atoms with E-state index in [1.54, 1.807) is 7.11 Å². The molecular formula is C11H20O2. The zero-order chi connectivity index (χ0) is 9.69. The Balaban J connectivity index is 2.12. The lowest BCUT2D eigenvalue weighted by Crippen LogP contribution is -2.25. The molecule has 1 unspecified atom stereocenters. The van der Waals surface area contributed by atoms with Crippen LogP contribution in [0.2, 0.25) is 0 Å². The molecule has 0 bridgehead atoms. The molecule has 0 amide bonds. The lowest BCUT2D eigenvalue weighted by molar-refractivity contribution is 0.0297. The largest absolute Gasteiger partial charge is 0.390 e. The molecule has 2 saturated carbocycles. The number of rotatable bonds is 3. The van der Waals surface area contributed by atoms with Crippen molar-refractivity contribution in [2.75, 3.05) is 7.11 Å². The van der Waals surface area contributed by atoms with Gasteiger partial charge < -0.3 is 9.84 Å². The summed E-state index contributed by atoms with van der Waals surface area (Å²) in [5.74, 6) is 1.02. The van der Waals surface area contributed by atoms with Crippen molar-refractivity contribution in [3.8, 4) is 0 Å². The highest BCUT2D eigenvalue weighted by Crippen LogP contribution is 2.68. The van der Waals surface area contributed by atoms with Gasteiger partial charge in [0, 0.05) is 13.0 Å². The monoisotopic (exact) mass is 184 g/mol. The molecule has 0 aromatic rings. The van der Waals surface area contributed by atoms with E-state index in [0.29, 0.717) is 11.8 Å². The molecule has 0 aromatic heterocycles. The van der Waals surface area contributed by atoms with Gasteiger partial charge in [-0.1, -0.05) is 13.3 Å². The molecule has 2 nitrogen and oxygen atoms in total. The van der Waals surface area contributed by atoms with Crippen LogP contribution in [0, 0.1) is 11.8 Å². The van der Waals surface area contributed by atoms with Crippen LogP contribution in [0.1, 0.15) is 39.5 Å². The Labute approximate surface area is 80.3 Å². The van der Waals surface area contributed by atoms with Crippen molar-refractivity contribution in [2.24, 2.45) is 11.8 Å². The summed E-state index contributed by atoms with van der Waals surface area (Å²) in [4.78, 5) is 0. The number of hydrogen-bond acceptors (Lipinski definition) is 2. The Morgan fingerprint density at radius 1 is 1.46 bits per heavy atom. The van der Waals surface area contributed by atoms with E-state index >= 15 is 0 Å². The summed E-state index contributed by atoms with van der Waals surface area (Å²) in [7, 11) is 1.80. The molecule has 76 valence electrons. The van der Waals surface area contributed by atoms with E-state index in [9.17, 15) is 5.11 Å². The van der Waals surface area contributed by atoms with E-state index in [-0.39, 0.29) is 5.60 Å². The number of hydrogen-bond donors (Lipinski definition) is 1. The summed E-state index contributed by atoms with van der Waals surface area (Å²) in [5.41, 5.74) is -0.407. The zero-order valence-corrected chi connectivity index (χ0v) is 8.84. The van der Waals surface area contributed by atoms with Crippen molar-refractivity contribution in [1.82, 2.24) is 0 Å². The van der Waals surface area contributed by atoms with Gasteiger partial charge in [0.2, 0.25) is 0 Å². The summed E-state index contributed by atoms with van der Waals surface area (Å²) >= 11 is 0. The molecule has 0 spiro atoms. The molecule has 1 N–H and O–H groups in total. The first-order valence-electron chi connectivity index (χ1n) is 5.36. The molecule has 0 heterocycles. The quantitative estimate of drug-likeness (QED) is 0.726. The lowest BCUT2D eigenvalue weighted by Gasteiger charge is -2.19. The molecule has 2 aliphatic rings. The molecule has 2 rings (SSSR count). The normalized spacial score (nSPS) is 53.5. The fourth-order valence-corrected chi connectivity index (χ4v) is 3.50. The zero-order valence-electron chi connectivity index (χ0n) is 8.84. The molecule has 2 aliphatic carbocycles. The number of aliphatic hydroxyl groups is 1. The topological polar surface area (TPSA) is 29.5 Å². The molecule has 2 fully saturated rings. The van der Waals surface area contributed by atoms with E-state index < -0.39 is 5.60 Å². The maximum Gasteiger partial charge on any atom is 0.0771 e. The SMILES string of the molecule is CCCC1[C@@H]2[C@@](C)(O)CC[C@@]12OC. The van der Waals surface area contributed by atoms with Gasteiger partial charge in [-0.05, 0) is 32.1 Å². The van der Waals surface area contributed by atoms with Gasteiger partial charge in [0.25, 0.3) is 0 Å². The second-order valence-corrected chi connectivity index (χ2v) is 4.89. The smallest absolute Gasteiger partial charge is 0.0771 e. The first kappa shape index (κ1) is 9.47. The van der Waals surface area contributed by atoms with Gasteiger partial charge in [-0.3, -0.25) is 0 Å². The van der Waals surface area contributed by atoms with Crippen molar-refractivity contribution >= 4 is 0 Å². The van der Waals surface area contributed by atoms with Crippen molar-refractivity contribution in [2.45, 2.75) is 50.7 Å². The van der Waals surface area contributed by atoms with Gasteiger partial charge in [0.15, 0.2) is 0 Å². The summed E-state index contributed by atoms with van der Waals surface area (Å²) < 4.78 is 5.61. The Hall–Kier alpha value is -0.0800. The molecule has 0 radical (unpaired) electrons. The fourth-order valence-electron chi connectivity index (χ4n) is 3.50. The minimum Gasteiger partial charge on any atom is -0.390 e. The van der Waals surface area contributed by atoms with Gasteiger partial charge in [-0.25, -0.2) is 0 Å². The standard InChI is InChI=1S/C11H20O2/c1-4-5-8-9-10(2,12)6-7-11(8,9)13-3/h8-9,12H,4-7H2,1-3H3/t8?,9-,10+,11-/m1/s1. The van der Waals surface area contributed by atoms with Crippen LogP contribution in [0.25, 0.3) is 0 Å². The molecule has 0 saturated heterocycles. The lowest BCUT2D eigenvalue weighted by atomic mass is 9.95. The summed E-state index contributed by atoms with van der Waals surface area (Å²) in [6, 6.07) is 0. The minimum atomic E-state index is -0.462. The van der Waals surface area contributed by atoms with Gasteiger partial charge in [0.1, 0.15) is 0 Å². The van der Waals surface area contributed by atoms with Crippen molar-refractivity contribution in [3.63, 3.8) is 0 Å². The van der Waals surface area contributed by atoms with Gasteiger partial charge in [-0.2, -0.15) is 0 Å². The maximum absolute atomic E-state index is 10.1. The summed E-state index contributed by atoms with van der Waals surface area (Å²) in [5, 5.41) is 10.1. The van der Waals surface area contributed by atoms with E-state index in [1.165, 1.54) is 12.8 Å². The molecule has 13 heavy (non-hydrogen) atoms. The van der Waals surface area contributed by atoms with Crippen molar-refractivity contribution < 1.29 is 9.84 Å². The van der Waals surface area contributed by atoms with Gasteiger partial charge >= 0.3 is 0 Å². The van der Waals surface area contributed by atoms with E-state index in [0.717, 1.165) is 12.8 Å². The van der Waals surface area contributed by atoms with Crippen LogP contribution in [-0.4, -0.2) is 23.4 Å². The Morgan fingerprint density at radius 3 is 2.62 bits per heavy atom. The average Bonchev–Trinajstić information content (AvgIpc) is 2.63. The number of ether oxygens (including phenoxy) is 1. The third-order valence-electron chi connectivity index (χ3n) is 4.12. The summed E-state index contributed by atoms with van der Waals surface area (Å²) in [6.07, 6.45) is 4.36. The third-order valence-corrected chi connectivity index (χ3v) is 4.12. The van der Waals surface area contributed by atoms with E-state index in [4.69, 9.17) is 4.74 Å². The second kappa shape index (κ2) is 2.71. The van der Waals surface area contributed by atoms with Crippen LogP contribution in [-0.2, 0) is 4.74 Å². The molecule has 2 heteroatoms. The van der Waals surface area contributed by atoms with Crippen molar-refractivity contribution in [1.29, 1.82) is 0 Å². The first-order valence-corrected chi connectivity index (χ1v) is 5.36. The molecule has 0 aromatic carbocycles. The Kier molecular flexibility index (Phi) is 1.97. The molecule has 0 aliphatic heterocycles. The van der Waals surface area contributed by atoms with Crippen LogP contribution < -0.4 is 0 Å². The van der Waals surface area contributed by atoms with Crippen molar-refractivity contribution in [3.05, 3.63) is 0 Å². The first-order chi connectivity index (χ1) is 6.08. The fraction of sp³-hybridized carbons (Fsp3) is 1.00. The van der Waals surface area contributed by atoms with Crippen LogP contribution in [0.4, 0.5) is 0 Å². The van der Waals surface area contributed by atoms with Crippen LogP contribution in [0.3, 0.4) is 0 Å². The number of fused-ring (bicyclic) bond motifs is 1. The van der Waals surface area contributed by atoms with E-state index in [1.807, 2.05) is 6.92 Å². The average molecular weight is 184 g/mol. The highest BCUT2D eigenvalue weighted by atomic mass is 16.5. The maximum atomic E-state index is 10.1. The number of methoxy groups -OCH3 is 1. The minimum absolute atomic E-state index is 0.0551. The molecular weight excluding hydrogens is 164 g/mol. The van der Waals surface area contributed by atoms with Crippen LogP contribution in [0.5, 0.6) is 0 Å². The van der Waals surface area contributed by atoms with Gasteiger partial charge in [0.05, 0.1) is 11.2 Å². The summed E-state index contributed by atoms with van der Waals surface area (Å²) in [6.45, 7) is 4.17. The second-order valence-electron chi connectivity index (χ2n) is 4.89. The van der Waals surface area contributed by atoms with E-state index in [2.05, 4.69) is 6.92 Å². The predicted octanol–water partition coefficient (Wildman–Crippen LogP) is 1.96. The van der Waals surface area contributed by atoms with Crippen LogP contribution in [0.15, 0.2) is 0 Å². The third kappa shape index (κ3) is 1.08. The highest BCUT2D eigenvalue weighted by Gasteiger charge is 2.74. The van der Waals surface area contributed by atoms with Gasteiger partial charge in [-0.15, -0.1) is 0 Å². The highest BCUT2D eigenvalue weighted by molar-refractivity contribution is 5.24. The Morgan fingerprint density at radius 2 is 2.15 bits per heavy atom. The predicted molar refractivity (Wildman–Crippen MR) is 51.5 cm³/mol.